The zero-order valence-electron chi connectivity index (χ0n) is 16.6. The molecule has 9 heteroatoms. The van der Waals surface area contributed by atoms with Gasteiger partial charge in [0.15, 0.2) is 17.3 Å². The topological polar surface area (TPSA) is 116 Å². The van der Waals surface area contributed by atoms with E-state index in [2.05, 4.69) is 10.5 Å². The summed E-state index contributed by atoms with van der Waals surface area (Å²) < 4.78 is 15.9. The highest BCUT2D eigenvalue weighted by Gasteiger charge is 2.19. The number of carbonyl (C=O) groups is 1. The minimum atomic E-state index is -0.584. The van der Waals surface area contributed by atoms with Crippen LogP contribution in [0, 0.1) is 10.1 Å². The molecule has 1 heterocycles. The number of nitro benzene ring substituents is 1. The number of nitro groups is 1. The second kappa shape index (κ2) is 8.15. The molecule has 0 aliphatic carbocycles. The first-order valence-electron chi connectivity index (χ1n) is 9.17. The first-order valence-corrected chi connectivity index (χ1v) is 9.17. The zero-order valence-corrected chi connectivity index (χ0v) is 16.6. The molecule has 1 amide bonds. The highest BCUT2D eigenvalue weighted by atomic mass is 16.6. The van der Waals surface area contributed by atoms with Crippen molar-refractivity contribution in [2.75, 3.05) is 14.2 Å². The summed E-state index contributed by atoms with van der Waals surface area (Å²) in [5.74, 6) is -0.0000911. The van der Waals surface area contributed by atoms with E-state index in [1.54, 1.807) is 12.1 Å². The van der Waals surface area contributed by atoms with E-state index in [-0.39, 0.29) is 22.8 Å². The Hall–Kier alpha value is -4.40. The van der Waals surface area contributed by atoms with Crippen LogP contribution < -0.4 is 14.9 Å². The van der Waals surface area contributed by atoms with E-state index in [1.807, 2.05) is 30.3 Å². The Bertz CT molecular complexity index is 1340. The molecular weight excluding hydrogens is 402 g/mol. The van der Waals surface area contributed by atoms with Crippen LogP contribution in [-0.2, 0) is 0 Å². The maximum absolute atomic E-state index is 12.5. The quantitative estimate of drug-likeness (QED) is 0.283. The van der Waals surface area contributed by atoms with Crippen molar-refractivity contribution >= 4 is 39.6 Å². The molecule has 0 saturated carbocycles. The van der Waals surface area contributed by atoms with Crippen molar-refractivity contribution in [1.82, 2.24) is 5.43 Å². The molecule has 4 aromatic rings. The van der Waals surface area contributed by atoms with Gasteiger partial charge in [0, 0.05) is 5.39 Å². The van der Waals surface area contributed by atoms with Crippen molar-refractivity contribution in [3.63, 3.8) is 0 Å². The predicted octanol–water partition coefficient (Wildman–Crippen LogP) is 4.28. The van der Waals surface area contributed by atoms with Gasteiger partial charge in [-0.3, -0.25) is 14.9 Å². The maximum Gasteiger partial charge on any atom is 0.307 e. The van der Waals surface area contributed by atoms with Crippen LogP contribution in [0.25, 0.3) is 21.7 Å². The van der Waals surface area contributed by atoms with Crippen molar-refractivity contribution in [2.45, 2.75) is 0 Å². The first kappa shape index (κ1) is 19.9. The number of hydrogen-bond donors (Lipinski definition) is 1. The van der Waals surface area contributed by atoms with E-state index in [4.69, 9.17) is 13.9 Å². The summed E-state index contributed by atoms with van der Waals surface area (Å²) in [5, 5.41) is 18.0. The normalized spacial score (nSPS) is 11.2. The highest BCUT2D eigenvalue weighted by molar-refractivity contribution is 6.08. The lowest BCUT2D eigenvalue weighted by Gasteiger charge is -2.08. The Kier molecular flexibility index (Phi) is 5.23. The summed E-state index contributed by atoms with van der Waals surface area (Å²) in [6.07, 6.45) is 1.16. The molecule has 156 valence electrons. The van der Waals surface area contributed by atoms with E-state index in [1.165, 1.54) is 26.4 Å². The molecule has 0 aliphatic rings. The van der Waals surface area contributed by atoms with Crippen LogP contribution >= 0.6 is 0 Å². The van der Waals surface area contributed by atoms with Crippen molar-refractivity contribution in [3.05, 3.63) is 76.0 Å². The molecule has 0 saturated heterocycles. The van der Waals surface area contributed by atoms with Gasteiger partial charge in [-0.15, -0.1) is 0 Å². The number of furan rings is 1. The fraction of sp³-hybridized carbons (Fsp3) is 0.0909. The third-order valence-corrected chi connectivity index (χ3v) is 4.75. The largest absolute Gasteiger partial charge is 0.493 e. The van der Waals surface area contributed by atoms with Gasteiger partial charge in [0.05, 0.1) is 37.0 Å². The molecule has 3 aromatic carbocycles. The lowest BCUT2D eigenvalue weighted by atomic mass is 10.1. The van der Waals surface area contributed by atoms with E-state index in [0.717, 1.165) is 22.4 Å². The van der Waals surface area contributed by atoms with E-state index < -0.39 is 10.8 Å². The number of hydrogen-bond acceptors (Lipinski definition) is 7. The summed E-state index contributed by atoms with van der Waals surface area (Å²) in [5.41, 5.74) is 2.80. The van der Waals surface area contributed by atoms with E-state index >= 15 is 0 Å². The lowest BCUT2D eigenvalue weighted by Crippen LogP contribution is -2.16. The van der Waals surface area contributed by atoms with Crippen molar-refractivity contribution < 1.29 is 23.6 Å². The smallest absolute Gasteiger partial charge is 0.307 e. The van der Waals surface area contributed by atoms with E-state index in [0.29, 0.717) is 11.3 Å². The first-order chi connectivity index (χ1) is 15.0. The SMILES string of the molecule is COc1cc(/C=N/NC(=O)c2cc3c(ccc4ccccc43)o2)c([N+](=O)[O-])cc1OC. The number of methoxy groups -OCH3 is 2. The number of ether oxygens (including phenoxy) is 2. The standard InChI is InChI=1S/C22H17N3O6/c1-29-19-9-14(17(25(27)28)11-20(19)30-2)12-23-24-22(26)21-10-16-15-6-4-3-5-13(15)7-8-18(16)31-21/h3-12H,1-2H3,(H,24,26)/b23-12+. The molecule has 0 unspecified atom stereocenters. The van der Waals surface area contributed by atoms with Gasteiger partial charge in [-0.2, -0.15) is 5.10 Å². The van der Waals surface area contributed by atoms with Crippen LogP contribution in [0.2, 0.25) is 0 Å². The van der Waals surface area contributed by atoms with Gasteiger partial charge in [-0.05, 0) is 29.0 Å². The molecule has 0 spiro atoms. The van der Waals surface area contributed by atoms with E-state index in [9.17, 15) is 14.9 Å². The Morgan fingerprint density at radius 3 is 2.55 bits per heavy atom. The predicted molar refractivity (Wildman–Crippen MR) is 115 cm³/mol. The van der Waals surface area contributed by atoms with Gasteiger partial charge in [0.2, 0.25) is 0 Å². The monoisotopic (exact) mass is 419 g/mol. The van der Waals surface area contributed by atoms with Gasteiger partial charge in [-0.1, -0.05) is 30.3 Å². The second-order valence-electron chi connectivity index (χ2n) is 6.53. The molecule has 4 rings (SSSR count). The molecule has 1 N–H and O–H groups in total. The molecule has 31 heavy (non-hydrogen) atoms. The average Bonchev–Trinajstić information content (AvgIpc) is 3.23. The van der Waals surface area contributed by atoms with Crippen LogP contribution in [0.3, 0.4) is 0 Å². The number of hydrazone groups is 1. The Morgan fingerprint density at radius 2 is 1.81 bits per heavy atom. The molecule has 0 fully saturated rings. The zero-order chi connectivity index (χ0) is 22.0. The third kappa shape index (κ3) is 3.76. The fourth-order valence-corrected chi connectivity index (χ4v) is 3.27. The number of benzene rings is 3. The van der Waals surface area contributed by atoms with Crippen LogP contribution in [0.5, 0.6) is 11.5 Å². The minimum Gasteiger partial charge on any atom is -0.493 e. The molecule has 0 radical (unpaired) electrons. The average molecular weight is 419 g/mol. The van der Waals surface area contributed by atoms with Crippen molar-refractivity contribution in [2.24, 2.45) is 5.10 Å². The summed E-state index contributed by atoms with van der Waals surface area (Å²) in [4.78, 5) is 23.3. The number of carbonyl (C=O) groups excluding carboxylic acids is 1. The Balaban J connectivity index is 1.60. The van der Waals surface area contributed by atoms with Crippen LogP contribution in [-0.4, -0.2) is 31.3 Å². The molecule has 1 aromatic heterocycles. The second-order valence-corrected chi connectivity index (χ2v) is 6.53. The number of nitrogens with zero attached hydrogens (tertiary/aromatic N) is 2. The molecule has 0 aliphatic heterocycles. The summed E-state index contributed by atoms with van der Waals surface area (Å²) >= 11 is 0. The van der Waals surface area contributed by atoms with Gasteiger partial charge in [0.1, 0.15) is 5.58 Å². The summed E-state index contributed by atoms with van der Waals surface area (Å²) in [6.45, 7) is 0. The lowest BCUT2D eigenvalue weighted by molar-refractivity contribution is -0.385. The molecule has 0 atom stereocenters. The molecule has 9 nitrogen and oxygen atoms in total. The van der Waals surface area contributed by atoms with Gasteiger partial charge >= 0.3 is 5.91 Å². The molecular formula is C22H17N3O6. The minimum absolute atomic E-state index is 0.0744. The number of rotatable bonds is 6. The number of nitrogens with one attached hydrogen (secondary N) is 1. The third-order valence-electron chi connectivity index (χ3n) is 4.75. The number of amides is 1. The highest BCUT2D eigenvalue weighted by Crippen LogP contribution is 2.33. The number of fused-ring (bicyclic) bond motifs is 3. The fourth-order valence-electron chi connectivity index (χ4n) is 3.27. The maximum atomic E-state index is 12.5. The van der Waals surface area contributed by atoms with Gasteiger partial charge < -0.3 is 13.9 Å². The van der Waals surface area contributed by atoms with Crippen LogP contribution in [0.1, 0.15) is 16.1 Å². The molecule has 0 bridgehead atoms. The van der Waals surface area contributed by atoms with Gasteiger partial charge in [-0.25, -0.2) is 5.43 Å². The van der Waals surface area contributed by atoms with Crippen LogP contribution in [0.15, 0.2) is 64.1 Å². The van der Waals surface area contributed by atoms with Crippen molar-refractivity contribution in [3.8, 4) is 11.5 Å². The Morgan fingerprint density at radius 1 is 1.06 bits per heavy atom. The van der Waals surface area contributed by atoms with Crippen LogP contribution in [0.4, 0.5) is 5.69 Å². The Labute approximate surface area is 176 Å². The van der Waals surface area contributed by atoms with Gasteiger partial charge in [0.25, 0.3) is 5.69 Å². The van der Waals surface area contributed by atoms with Crippen molar-refractivity contribution in [1.29, 1.82) is 0 Å². The summed E-state index contributed by atoms with van der Waals surface area (Å²) in [6, 6.07) is 15.7. The summed E-state index contributed by atoms with van der Waals surface area (Å²) in [7, 11) is 2.80.